The molecule has 2 aliphatic rings. The molecule has 0 aliphatic heterocycles. The highest BCUT2D eigenvalue weighted by Crippen LogP contribution is 2.42. The summed E-state index contributed by atoms with van der Waals surface area (Å²) >= 11 is 0. The van der Waals surface area contributed by atoms with Crippen LogP contribution in [0.3, 0.4) is 0 Å². The molecule has 0 heterocycles. The summed E-state index contributed by atoms with van der Waals surface area (Å²) in [5, 5.41) is 10.0. The Kier molecular flexibility index (Phi) is 5.26. The molecule has 1 N–H and O–H groups in total. The lowest BCUT2D eigenvalue weighted by Crippen LogP contribution is -2.42. The number of carbonyl (C=O) groups is 1. The van der Waals surface area contributed by atoms with Crippen LogP contribution in [-0.2, 0) is 9.53 Å². The predicted molar refractivity (Wildman–Crippen MR) is 83.3 cm³/mol. The van der Waals surface area contributed by atoms with E-state index in [0.717, 1.165) is 12.0 Å². The average molecular weight is 291 g/mol. The molecular weight excluding hydrogens is 264 g/mol. The van der Waals surface area contributed by atoms with Gasteiger partial charge in [0, 0.05) is 12.3 Å². The first-order chi connectivity index (χ1) is 9.97. The maximum atomic E-state index is 12.1. The van der Waals surface area contributed by atoms with Crippen LogP contribution in [0.1, 0.15) is 40.5 Å². The minimum atomic E-state index is -0.526. The highest BCUT2D eigenvalue weighted by Gasteiger charge is 2.41. The molecule has 0 aromatic heterocycles. The molecule has 0 bridgehead atoms. The van der Waals surface area contributed by atoms with Gasteiger partial charge in [-0.15, -0.1) is 0 Å². The molecule has 2 aliphatic carbocycles. The fourth-order valence-corrected chi connectivity index (χ4v) is 3.42. The van der Waals surface area contributed by atoms with Crippen molar-refractivity contribution in [3.05, 3.63) is 30.2 Å². The van der Waals surface area contributed by atoms with Gasteiger partial charge in [0.25, 0.3) is 0 Å². The molecule has 0 saturated heterocycles. The summed E-state index contributed by atoms with van der Waals surface area (Å²) in [7, 11) is 0. The lowest BCUT2D eigenvalue weighted by molar-refractivity contribution is -0.158. The highest BCUT2D eigenvalue weighted by atomic mass is 16.5. The third-order valence-electron chi connectivity index (χ3n) is 4.93. The molecule has 117 valence electrons. The molecule has 21 heavy (non-hydrogen) atoms. The van der Waals surface area contributed by atoms with E-state index in [9.17, 15) is 9.90 Å². The Morgan fingerprint density at radius 1 is 1.57 bits per heavy atom. The third kappa shape index (κ3) is 3.39. The van der Waals surface area contributed by atoms with E-state index in [1.54, 1.807) is 0 Å². The normalized spacial score (nSPS) is 36.6. The summed E-state index contributed by atoms with van der Waals surface area (Å²) in [6, 6.07) is 0. The van der Waals surface area contributed by atoms with Gasteiger partial charge in [0.15, 0.2) is 0 Å². The van der Waals surface area contributed by atoms with Crippen LogP contribution >= 0.6 is 0 Å². The van der Waals surface area contributed by atoms with Crippen molar-refractivity contribution >= 4 is 5.97 Å². The van der Waals surface area contributed by atoms with Gasteiger partial charge in [0.2, 0.25) is 0 Å². The molecule has 0 fully saturated rings. The van der Waals surface area contributed by atoms with E-state index in [2.05, 4.69) is 32.4 Å². The SMILES string of the molecule is C[CH]C1C(C)C=CC2=CC(O)CC(OC(=O)C(C)CC)C21. The van der Waals surface area contributed by atoms with Crippen molar-refractivity contribution < 1.29 is 14.6 Å². The Balaban J connectivity index is 2.23. The molecule has 3 heteroatoms. The molecule has 1 radical (unpaired) electrons. The van der Waals surface area contributed by atoms with Gasteiger partial charge < -0.3 is 9.84 Å². The van der Waals surface area contributed by atoms with Crippen molar-refractivity contribution in [3.63, 3.8) is 0 Å². The quantitative estimate of drug-likeness (QED) is 0.808. The van der Waals surface area contributed by atoms with E-state index < -0.39 is 6.10 Å². The molecule has 0 spiro atoms. The maximum absolute atomic E-state index is 12.1. The van der Waals surface area contributed by atoms with Gasteiger partial charge in [-0.1, -0.05) is 45.9 Å². The van der Waals surface area contributed by atoms with Crippen LogP contribution in [0.5, 0.6) is 0 Å². The fraction of sp³-hybridized carbons (Fsp3) is 0.667. The number of ether oxygens (including phenoxy) is 1. The van der Waals surface area contributed by atoms with Crippen LogP contribution in [0.2, 0.25) is 0 Å². The summed E-state index contributed by atoms with van der Waals surface area (Å²) < 4.78 is 5.77. The number of allylic oxidation sites excluding steroid dienone is 2. The minimum absolute atomic E-state index is 0.0860. The molecule has 6 unspecified atom stereocenters. The van der Waals surface area contributed by atoms with Crippen molar-refractivity contribution in [1.82, 2.24) is 0 Å². The van der Waals surface area contributed by atoms with Crippen LogP contribution in [-0.4, -0.2) is 23.3 Å². The van der Waals surface area contributed by atoms with Crippen LogP contribution in [0.25, 0.3) is 0 Å². The van der Waals surface area contributed by atoms with E-state index in [4.69, 9.17) is 4.74 Å². The molecule has 0 saturated carbocycles. The number of aliphatic hydroxyl groups excluding tert-OH is 1. The molecule has 0 aromatic carbocycles. The second-order valence-corrected chi connectivity index (χ2v) is 6.41. The third-order valence-corrected chi connectivity index (χ3v) is 4.93. The van der Waals surface area contributed by atoms with Gasteiger partial charge in [-0.2, -0.15) is 0 Å². The zero-order valence-corrected chi connectivity index (χ0v) is 13.5. The number of esters is 1. The number of hydrogen-bond acceptors (Lipinski definition) is 3. The molecular formula is C18H27O3. The lowest BCUT2D eigenvalue weighted by atomic mass is 9.67. The van der Waals surface area contributed by atoms with Gasteiger partial charge in [0.05, 0.1) is 12.0 Å². The van der Waals surface area contributed by atoms with Crippen molar-refractivity contribution in [2.24, 2.45) is 23.7 Å². The first-order valence-electron chi connectivity index (χ1n) is 8.05. The van der Waals surface area contributed by atoms with Gasteiger partial charge >= 0.3 is 5.97 Å². The Morgan fingerprint density at radius 2 is 2.29 bits per heavy atom. The number of hydrogen-bond donors (Lipinski definition) is 1. The average Bonchev–Trinajstić information content (AvgIpc) is 2.46. The van der Waals surface area contributed by atoms with Crippen molar-refractivity contribution in [3.8, 4) is 0 Å². The smallest absolute Gasteiger partial charge is 0.308 e. The zero-order valence-electron chi connectivity index (χ0n) is 13.5. The van der Waals surface area contributed by atoms with E-state index in [-0.39, 0.29) is 23.9 Å². The Morgan fingerprint density at radius 3 is 2.90 bits per heavy atom. The number of rotatable bonds is 4. The lowest BCUT2D eigenvalue weighted by Gasteiger charge is -2.42. The van der Waals surface area contributed by atoms with Crippen LogP contribution < -0.4 is 0 Å². The molecule has 2 rings (SSSR count). The summed E-state index contributed by atoms with van der Waals surface area (Å²) in [5.74, 6) is 0.720. The Hall–Kier alpha value is -1.09. The molecule has 6 atom stereocenters. The standard InChI is InChI=1S/C18H27O3/c1-5-11(3)18(20)21-16-10-14(19)9-13-8-7-12(4)15(6-2)17(13)16/h6-9,11-12,14-17,19H,5,10H2,1-4H3. The summed E-state index contributed by atoms with van der Waals surface area (Å²) in [5.41, 5.74) is 1.11. The monoisotopic (exact) mass is 291 g/mol. The first-order valence-corrected chi connectivity index (χ1v) is 8.05. The van der Waals surface area contributed by atoms with Gasteiger partial charge in [-0.3, -0.25) is 4.79 Å². The number of carbonyl (C=O) groups excluding carboxylic acids is 1. The van der Waals surface area contributed by atoms with E-state index >= 15 is 0 Å². The highest BCUT2D eigenvalue weighted by molar-refractivity contribution is 5.72. The van der Waals surface area contributed by atoms with Crippen molar-refractivity contribution in [2.45, 2.75) is 52.7 Å². The largest absolute Gasteiger partial charge is 0.461 e. The van der Waals surface area contributed by atoms with E-state index in [0.29, 0.717) is 18.3 Å². The number of aliphatic hydroxyl groups is 1. The minimum Gasteiger partial charge on any atom is -0.461 e. The number of fused-ring (bicyclic) bond motifs is 1. The second-order valence-electron chi connectivity index (χ2n) is 6.41. The van der Waals surface area contributed by atoms with Gasteiger partial charge in [0.1, 0.15) is 6.10 Å². The van der Waals surface area contributed by atoms with Crippen LogP contribution in [0, 0.1) is 30.1 Å². The maximum Gasteiger partial charge on any atom is 0.308 e. The Labute approximate surface area is 128 Å². The van der Waals surface area contributed by atoms with E-state index in [1.807, 2.05) is 19.9 Å². The van der Waals surface area contributed by atoms with E-state index in [1.165, 1.54) is 0 Å². The topological polar surface area (TPSA) is 46.5 Å². The summed E-state index contributed by atoms with van der Waals surface area (Å²) in [6.07, 6.45) is 8.91. The van der Waals surface area contributed by atoms with Gasteiger partial charge in [-0.25, -0.2) is 0 Å². The molecule has 0 aromatic rings. The van der Waals surface area contributed by atoms with Gasteiger partial charge in [-0.05, 0) is 30.3 Å². The Bertz CT molecular complexity index is 438. The summed E-state index contributed by atoms with van der Waals surface area (Å²) in [6.45, 7) is 8.14. The van der Waals surface area contributed by atoms with Crippen LogP contribution in [0.15, 0.2) is 23.8 Å². The summed E-state index contributed by atoms with van der Waals surface area (Å²) in [4.78, 5) is 12.1. The molecule has 0 amide bonds. The first kappa shape index (κ1) is 16.3. The predicted octanol–water partition coefficient (Wildman–Crippen LogP) is 3.30. The van der Waals surface area contributed by atoms with Crippen molar-refractivity contribution in [2.75, 3.05) is 0 Å². The molecule has 3 nitrogen and oxygen atoms in total. The second kappa shape index (κ2) is 6.78. The fourth-order valence-electron chi connectivity index (χ4n) is 3.42. The van der Waals surface area contributed by atoms with Crippen molar-refractivity contribution in [1.29, 1.82) is 0 Å². The zero-order chi connectivity index (χ0) is 15.6. The van der Waals surface area contributed by atoms with Crippen LogP contribution in [0.4, 0.5) is 0 Å².